The van der Waals surface area contributed by atoms with Gasteiger partial charge >= 0.3 is 0 Å². The monoisotopic (exact) mass is 486 g/mol. The van der Waals surface area contributed by atoms with Gasteiger partial charge in [0.2, 0.25) is 5.75 Å². The molecule has 0 aliphatic carbocycles. The van der Waals surface area contributed by atoms with Crippen LogP contribution in [0.25, 0.3) is 0 Å². The fourth-order valence-corrected chi connectivity index (χ4v) is 2.52. The van der Waals surface area contributed by atoms with Gasteiger partial charge in [0.15, 0.2) is 17.5 Å². The van der Waals surface area contributed by atoms with Crippen LogP contribution in [0.4, 0.5) is 0 Å². The molecule has 0 bridgehead atoms. The number of ether oxygens (including phenoxy) is 3. The van der Waals surface area contributed by atoms with Crippen molar-refractivity contribution < 1.29 is 14.2 Å². The molecule has 0 unspecified atom stereocenters. The Morgan fingerprint density at radius 2 is 1.63 bits per heavy atom. The van der Waals surface area contributed by atoms with Gasteiger partial charge in [-0.15, -0.1) is 24.0 Å². The number of rotatable bonds is 7. The summed E-state index contributed by atoms with van der Waals surface area (Å²) in [5, 5.41) is 6.52. The van der Waals surface area contributed by atoms with Crippen LogP contribution in [0.5, 0.6) is 17.2 Å². The molecule has 0 amide bonds. The Morgan fingerprint density at radius 1 is 1.00 bits per heavy atom. The van der Waals surface area contributed by atoms with Gasteiger partial charge in [0.1, 0.15) is 0 Å². The maximum absolute atomic E-state index is 5.38. The molecule has 0 aliphatic rings. The zero-order chi connectivity index (χ0) is 18.9. The Bertz CT molecular complexity index is 743. The smallest absolute Gasteiger partial charge is 0.203 e. The third-order valence-corrected chi connectivity index (χ3v) is 3.79. The van der Waals surface area contributed by atoms with Gasteiger partial charge in [0.05, 0.1) is 33.6 Å². The van der Waals surface area contributed by atoms with Crippen LogP contribution in [-0.2, 0) is 13.1 Å². The summed E-state index contributed by atoms with van der Waals surface area (Å²) in [4.78, 5) is 8.71. The number of aromatic nitrogens is 1. The summed E-state index contributed by atoms with van der Waals surface area (Å²) in [5.74, 6) is 2.50. The molecule has 0 fully saturated rings. The highest BCUT2D eigenvalue weighted by Crippen LogP contribution is 2.38. The van der Waals surface area contributed by atoms with E-state index in [0.717, 1.165) is 17.0 Å². The number of nitrogens with zero attached hydrogens (tertiary/aromatic N) is 2. The van der Waals surface area contributed by atoms with Gasteiger partial charge in [-0.25, -0.2) is 0 Å². The summed E-state index contributed by atoms with van der Waals surface area (Å²) in [7, 11) is 6.52. The van der Waals surface area contributed by atoms with E-state index in [0.29, 0.717) is 36.3 Å². The van der Waals surface area contributed by atoms with Gasteiger partial charge in [-0.05, 0) is 36.8 Å². The van der Waals surface area contributed by atoms with E-state index in [4.69, 9.17) is 14.2 Å². The van der Waals surface area contributed by atoms with E-state index in [-0.39, 0.29) is 24.0 Å². The van der Waals surface area contributed by atoms with Crippen LogP contribution in [0.1, 0.15) is 17.0 Å². The average Bonchev–Trinajstić information content (AvgIpc) is 2.67. The number of nitrogens with one attached hydrogen (secondary N) is 2. The third-order valence-electron chi connectivity index (χ3n) is 3.79. The number of guanidine groups is 1. The van der Waals surface area contributed by atoms with Gasteiger partial charge in [0, 0.05) is 19.3 Å². The summed E-state index contributed by atoms with van der Waals surface area (Å²) in [6, 6.07) is 9.76. The van der Waals surface area contributed by atoms with E-state index in [1.165, 1.54) is 0 Å². The number of hydrogen-bond acceptors (Lipinski definition) is 5. The molecule has 27 heavy (non-hydrogen) atoms. The Labute approximate surface area is 177 Å². The highest BCUT2D eigenvalue weighted by Gasteiger charge is 2.13. The minimum absolute atomic E-state index is 0. The fraction of sp³-hybridized carbons (Fsp3) is 0.368. The van der Waals surface area contributed by atoms with Crippen LogP contribution in [0.2, 0.25) is 0 Å². The van der Waals surface area contributed by atoms with Crippen LogP contribution in [0, 0.1) is 6.92 Å². The SMILES string of the molecule is CN=C(NCc1cc(OC)c(OC)c(OC)c1)NCc1cccc(C)n1.I. The number of hydrogen-bond donors (Lipinski definition) is 2. The number of methoxy groups -OCH3 is 3. The first kappa shape index (κ1) is 22.8. The van der Waals surface area contributed by atoms with E-state index in [2.05, 4.69) is 20.6 Å². The Kier molecular flexibility index (Phi) is 9.70. The standard InChI is InChI=1S/C19H26N4O3.HI/c1-13-7-6-8-15(23-13)12-22-19(20-2)21-11-14-9-16(24-3)18(26-5)17(10-14)25-4;/h6-10H,11-12H2,1-5H3,(H2,20,21,22);1H. The summed E-state index contributed by atoms with van der Waals surface area (Å²) in [6.45, 7) is 3.12. The first-order valence-electron chi connectivity index (χ1n) is 8.27. The largest absolute Gasteiger partial charge is 0.493 e. The number of aryl methyl sites for hydroxylation is 1. The lowest BCUT2D eigenvalue weighted by atomic mass is 10.2. The first-order valence-corrected chi connectivity index (χ1v) is 8.27. The van der Waals surface area contributed by atoms with Crippen LogP contribution >= 0.6 is 24.0 Å². The number of halogens is 1. The molecule has 8 heteroatoms. The molecule has 0 saturated heterocycles. The van der Waals surface area contributed by atoms with Crippen molar-refractivity contribution in [3.63, 3.8) is 0 Å². The summed E-state index contributed by atoms with van der Waals surface area (Å²) >= 11 is 0. The second kappa shape index (κ2) is 11.5. The maximum Gasteiger partial charge on any atom is 0.203 e. The molecular weight excluding hydrogens is 459 g/mol. The topological polar surface area (TPSA) is 77.0 Å². The van der Waals surface area contributed by atoms with E-state index in [1.54, 1.807) is 28.4 Å². The second-order valence-electron chi connectivity index (χ2n) is 5.58. The van der Waals surface area contributed by atoms with Crippen molar-refractivity contribution in [3.05, 3.63) is 47.3 Å². The number of benzene rings is 1. The van der Waals surface area contributed by atoms with Crippen LogP contribution in [0.15, 0.2) is 35.3 Å². The van der Waals surface area contributed by atoms with Crippen LogP contribution < -0.4 is 24.8 Å². The van der Waals surface area contributed by atoms with Crippen molar-refractivity contribution in [1.82, 2.24) is 15.6 Å². The van der Waals surface area contributed by atoms with Gasteiger partial charge in [-0.1, -0.05) is 6.07 Å². The number of aliphatic imine (C=N–C) groups is 1. The van der Waals surface area contributed by atoms with Gasteiger partial charge < -0.3 is 24.8 Å². The Morgan fingerprint density at radius 3 is 2.15 bits per heavy atom. The van der Waals surface area contributed by atoms with Crippen molar-refractivity contribution in [2.24, 2.45) is 4.99 Å². The molecule has 2 N–H and O–H groups in total. The molecule has 1 aromatic heterocycles. The molecule has 2 aromatic rings. The highest BCUT2D eigenvalue weighted by molar-refractivity contribution is 14.0. The van der Waals surface area contributed by atoms with Gasteiger partial charge in [-0.3, -0.25) is 9.98 Å². The van der Waals surface area contributed by atoms with Gasteiger partial charge in [-0.2, -0.15) is 0 Å². The third kappa shape index (κ3) is 6.46. The van der Waals surface area contributed by atoms with Crippen LogP contribution in [0.3, 0.4) is 0 Å². The maximum atomic E-state index is 5.38. The summed E-state index contributed by atoms with van der Waals surface area (Å²) in [6.07, 6.45) is 0. The highest BCUT2D eigenvalue weighted by atomic mass is 127. The second-order valence-corrected chi connectivity index (χ2v) is 5.58. The molecule has 0 aliphatic heterocycles. The predicted molar refractivity (Wildman–Crippen MR) is 118 cm³/mol. The first-order chi connectivity index (χ1) is 12.6. The minimum Gasteiger partial charge on any atom is -0.493 e. The average molecular weight is 486 g/mol. The van der Waals surface area contributed by atoms with E-state index in [1.807, 2.05) is 37.3 Å². The molecule has 0 atom stereocenters. The minimum atomic E-state index is 0. The van der Waals surface area contributed by atoms with Crippen molar-refractivity contribution in [2.45, 2.75) is 20.0 Å². The molecule has 0 radical (unpaired) electrons. The van der Waals surface area contributed by atoms with Crippen molar-refractivity contribution in [1.29, 1.82) is 0 Å². The van der Waals surface area contributed by atoms with Crippen molar-refractivity contribution >= 4 is 29.9 Å². The van der Waals surface area contributed by atoms with E-state index < -0.39 is 0 Å². The Hall–Kier alpha value is -2.23. The lowest BCUT2D eigenvalue weighted by Crippen LogP contribution is -2.36. The molecule has 7 nitrogen and oxygen atoms in total. The van der Waals surface area contributed by atoms with Crippen molar-refractivity contribution in [3.8, 4) is 17.2 Å². The molecule has 0 spiro atoms. The molecular formula is C19H27IN4O3. The van der Waals surface area contributed by atoms with Gasteiger partial charge in [0.25, 0.3) is 0 Å². The molecule has 1 aromatic carbocycles. The fourth-order valence-electron chi connectivity index (χ4n) is 2.52. The number of pyridine rings is 1. The van der Waals surface area contributed by atoms with Crippen LogP contribution in [-0.4, -0.2) is 39.3 Å². The zero-order valence-electron chi connectivity index (χ0n) is 16.3. The van der Waals surface area contributed by atoms with Crippen molar-refractivity contribution in [2.75, 3.05) is 28.4 Å². The molecule has 2 rings (SSSR count). The molecule has 1 heterocycles. The summed E-state index contributed by atoms with van der Waals surface area (Å²) < 4.78 is 16.1. The zero-order valence-corrected chi connectivity index (χ0v) is 18.7. The lowest BCUT2D eigenvalue weighted by Gasteiger charge is -2.16. The lowest BCUT2D eigenvalue weighted by molar-refractivity contribution is 0.323. The Balaban J connectivity index is 0.00000364. The normalized spacial score (nSPS) is 10.6. The molecule has 0 saturated carbocycles. The molecule has 148 valence electrons. The van der Waals surface area contributed by atoms with E-state index >= 15 is 0 Å². The van der Waals surface area contributed by atoms with E-state index in [9.17, 15) is 0 Å². The summed E-state index contributed by atoms with van der Waals surface area (Å²) in [5.41, 5.74) is 2.93. The quantitative estimate of drug-likeness (QED) is 0.356. The predicted octanol–water partition coefficient (Wildman–Crippen LogP) is 2.90.